The second-order valence-electron chi connectivity index (χ2n) is 8.17. The van der Waals surface area contributed by atoms with E-state index in [0.717, 1.165) is 36.5 Å². The highest BCUT2D eigenvalue weighted by Gasteiger charge is 2.21. The van der Waals surface area contributed by atoms with Gasteiger partial charge < -0.3 is 20.1 Å². The number of carbonyl (C=O) groups is 2. The highest BCUT2D eigenvalue weighted by atomic mass is 16.5. The van der Waals surface area contributed by atoms with Crippen molar-refractivity contribution in [2.24, 2.45) is 0 Å². The predicted molar refractivity (Wildman–Crippen MR) is 123 cm³/mol. The second kappa shape index (κ2) is 10.3. The lowest BCUT2D eigenvalue weighted by Crippen LogP contribution is -2.33. The number of carbonyl (C=O) groups excluding carboxylic acids is 2. The Morgan fingerprint density at radius 1 is 1.09 bits per heavy atom. The van der Waals surface area contributed by atoms with E-state index in [1.165, 1.54) is 24.0 Å². The van der Waals surface area contributed by atoms with Crippen molar-refractivity contribution in [1.82, 2.24) is 10.2 Å². The molecule has 0 aromatic heterocycles. The summed E-state index contributed by atoms with van der Waals surface area (Å²) in [4.78, 5) is 26.5. The van der Waals surface area contributed by atoms with Gasteiger partial charge in [-0.15, -0.1) is 0 Å². The van der Waals surface area contributed by atoms with Crippen LogP contribution in [0, 0.1) is 0 Å². The molecule has 32 heavy (non-hydrogen) atoms. The number of ether oxygens (including phenoxy) is 2. The largest absolute Gasteiger partial charge is 0.488 e. The first-order chi connectivity index (χ1) is 15.6. The number of rotatable bonds is 7. The third-order valence-corrected chi connectivity index (χ3v) is 5.82. The molecule has 1 saturated heterocycles. The Morgan fingerprint density at radius 3 is 2.66 bits per heavy atom. The molecule has 0 saturated carbocycles. The number of hydrogen-bond acceptors (Lipinski definition) is 5. The molecule has 2 aliphatic heterocycles. The van der Waals surface area contributed by atoms with E-state index in [9.17, 15) is 9.59 Å². The maximum Gasteiger partial charge on any atom is 0.407 e. The molecule has 7 heteroatoms. The van der Waals surface area contributed by atoms with Crippen molar-refractivity contribution in [3.05, 3.63) is 65.2 Å². The van der Waals surface area contributed by atoms with E-state index in [4.69, 9.17) is 9.47 Å². The molecular weight excluding hydrogens is 406 g/mol. The van der Waals surface area contributed by atoms with Crippen LogP contribution >= 0.6 is 0 Å². The first kappa shape index (κ1) is 21.9. The number of nitrogens with one attached hydrogen (secondary N) is 2. The van der Waals surface area contributed by atoms with Crippen molar-refractivity contribution in [2.75, 3.05) is 38.1 Å². The van der Waals surface area contributed by atoms with Gasteiger partial charge in [-0.2, -0.15) is 0 Å². The van der Waals surface area contributed by atoms with Gasteiger partial charge in [-0.05, 0) is 61.7 Å². The minimum Gasteiger partial charge on any atom is -0.488 e. The van der Waals surface area contributed by atoms with Gasteiger partial charge >= 0.3 is 6.09 Å². The third-order valence-electron chi connectivity index (χ3n) is 5.82. The Balaban J connectivity index is 1.27. The van der Waals surface area contributed by atoms with E-state index >= 15 is 0 Å². The van der Waals surface area contributed by atoms with E-state index in [1.54, 1.807) is 0 Å². The zero-order chi connectivity index (χ0) is 22.3. The summed E-state index contributed by atoms with van der Waals surface area (Å²) in [5.41, 5.74) is 5.14. The van der Waals surface area contributed by atoms with Crippen molar-refractivity contribution in [3.63, 3.8) is 0 Å². The summed E-state index contributed by atoms with van der Waals surface area (Å²) >= 11 is 0. The first-order valence-electron chi connectivity index (χ1n) is 11.0. The lowest BCUT2D eigenvalue weighted by Gasteiger charge is -2.26. The molecule has 0 atom stereocenters. The number of amides is 2. The number of alkyl carbamates (subject to hydrolysis) is 1. The van der Waals surface area contributed by atoms with Crippen molar-refractivity contribution in [1.29, 1.82) is 0 Å². The molecule has 4 rings (SSSR count). The number of anilines is 1. The molecule has 168 valence electrons. The van der Waals surface area contributed by atoms with Gasteiger partial charge in [0.1, 0.15) is 25.5 Å². The van der Waals surface area contributed by atoms with E-state index in [-0.39, 0.29) is 19.1 Å². The SMILES string of the molecule is CC1=C(CN2CCCC2)COc2cc(NC(=O)CNC(=O)OCc3ccccc3)ccc21. The molecule has 0 unspecified atom stereocenters. The Labute approximate surface area is 188 Å². The maximum atomic E-state index is 12.2. The van der Waals surface area contributed by atoms with Gasteiger partial charge in [0.05, 0.1) is 0 Å². The number of likely N-dealkylation sites (tertiary alicyclic amines) is 1. The van der Waals surface area contributed by atoms with Crippen LogP contribution in [-0.2, 0) is 16.1 Å². The van der Waals surface area contributed by atoms with Crippen LogP contribution in [0.25, 0.3) is 5.57 Å². The quantitative estimate of drug-likeness (QED) is 0.691. The monoisotopic (exact) mass is 435 g/mol. The van der Waals surface area contributed by atoms with Crippen LogP contribution in [-0.4, -0.2) is 49.7 Å². The predicted octanol–water partition coefficient (Wildman–Crippen LogP) is 3.81. The molecule has 0 aliphatic carbocycles. The first-order valence-corrected chi connectivity index (χ1v) is 11.0. The molecule has 2 aromatic carbocycles. The topological polar surface area (TPSA) is 79.9 Å². The standard InChI is InChI=1S/C25H29N3O4/c1-18-20(15-28-11-5-6-12-28)17-31-23-13-21(9-10-22(18)23)27-24(29)14-26-25(30)32-16-19-7-3-2-4-8-19/h2-4,7-10,13H,5-6,11-12,14-17H2,1H3,(H,26,30)(H,27,29). The summed E-state index contributed by atoms with van der Waals surface area (Å²) in [6.45, 7) is 5.95. The van der Waals surface area contributed by atoms with Crippen LogP contribution in [0.2, 0.25) is 0 Å². The number of fused-ring (bicyclic) bond motifs is 1. The van der Waals surface area contributed by atoms with Gasteiger partial charge in [-0.3, -0.25) is 9.69 Å². The van der Waals surface area contributed by atoms with Gasteiger partial charge in [-0.1, -0.05) is 30.3 Å². The summed E-state index contributed by atoms with van der Waals surface area (Å²) in [5.74, 6) is 0.431. The van der Waals surface area contributed by atoms with Crippen LogP contribution in [0.1, 0.15) is 30.9 Å². The van der Waals surface area contributed by atoms with Crippen LogP contribution in [0.5, 0.6) is 5.75 Å². The summed E-state index contributed by atoms with van der Waals surface area (Å²) in [6.07, 6.45) is 1.91. The Bertz CT molecular complexity index is 998. The fraction of sp³-hybridized carbons (Fsp3) is 0.360. The normalized spacial score (nSPS) is 15.7. The zero-order valence-electron chi connectivity index (χ0n) is 18.4. The third kappa shape index (κ3) is 5.68. The molecule has 2 N–H and O–H groups in total. The number of nitrogens with zero attached hydrogens (tertiary/aromatic N) is 1. The molecule has 0 spiro atoms. The zero-order valence-corrected chi connectivity index (χ0v) is 18.4. The highest BCUT2D eigenvalue weighted by Crippen LogP contribution is 2.35. The van der Waals surface area contributed by atoms with Crippen LogP contribution in [0.15, 0.2) is 54.1 Å². The van der Waals surface area contributed by atoms with Gasteiger partial charge in [0, 0.05) is 23.9 Å². The van der Waals surface area contributed by atoms with Gasteiger partial charge in [0.2, 0.25) is 5.91 Å². The minimum atomic E-state index is -0.635. The van der Waals surface area contributed by atoms with Crippen molar-refractivity contribution in [2.45, 2.75) is 26.4 Å². The summed E-state index contributed by atoms with van der Waals surface area (Å²) in [6, 6.07) is 15.0. The van der Waals surface area contributed by atoms with Crippen molar-refractivity contribution < 1.29 is 19.1 Å². The van der Waals surface area contributed by atoms with E-state index in [0.29, 0.717) is 12.3 Å². The molecule has 0 radical (unpaired) electrons. The number of hydrogen-bond donors (Lipinski definition) is 2. The van der Waals surface area contributed by atoms with Gasteiger partial charge in [-0.25, -0.2) is 4.79 Å². The van der Waals surface area contributed by atoms with Crippen LogP contribution in [0.3, 0.4) is 0 Å². The summed E-state index contributed by atoms with van der Waals surface area (Å²) in [5, 5.41) is 5.26. The minimum absolute atomic E-state index is 0.156. The molecule has 2 aromatic rings. The molecular formula is C25H29N3O4. The molecule has 2 aliphatic rings. The highest BCUT2D eigenvalue weighted by molar-refractivity contribution is 5.94. The number of benzene rings is 2. The maximum absolute atomic E-state index is 12.2. The molecule has 0 bridgehead atoms. The Hall–Kier alpha value is -3.32. The summed E-state index contributed by atoms with van der Waals surface area (Å²) < 4.78 is 11.1. The smallest absolute Gasteiger partial charge is 0.407 e. The second-order valence-corrected chi connectivity index (χ2v) is 8.17. The lowest BCUT2D eigenvalue weighted by atomic mass is 9.98. The number of allylic oxidation sites excluding steroid dienone is 1. The lowest BCUT2D eigenvalue weighted by molar-refractivity contribution is -0.115. The molecule has 2 heterocycles. The van der Waals surface area contributed by atoms with Crippen molar-refractivity contribution in [3.8, 4) is 5.75 Å². The molecule has 1 fully saturated rings. The molecule has 7 nitrogen and oxygen atoms in total. The van der Waals surface area contributed by atoms with E-state index < -0.39 is 6.09 Å². The fourth-order valence-electron chi connectivity index (χ4n) is 4.00. The van der Waals surface area contributed by atoms with Gasteiger partial charge in [0.25, 0.3) is 0 Å². The van der Waals surface area contributed by atoms with E-state index in [1.807, 2.05) is 48.5 Å². The average Bonchev–Trinajstić information content (AvgIpc) is 3.32. The van der Waals surface area contributed by atoms with Crippen molar-refractivity contribution >= 4 is 23.3 Å². The Morgan fingerprint density at radius 2 is 1.88 bits per heavy atom. The van der Waals surface area contributed by atoms with Gasteiger partial charge in [0.15, 0.2) is 0 Å². The Kier molecular flexibility index (Phi) is 7.07. The van der Waals surface area contributed by atoms with E-state index in [2.05, 4.69) is 22.5 Å². The molecule has 2 amide bonds. The summed E-state index contributed by atoms with van der Waals surface area (Å²) in [7, 11) is 0. The average molecular weight is 436 g/mol. The fourth-order valence-corrected chi connectivity index (χ4v) is 4.00. The van der Waals surface area contributed by atoms with Crippen LogP contribution in [0.4, 0.5) is 10.5 Å². The van der Waals surface area contributed by atoms with Crippen LogP contribution < -0.4 is 15.4 Å².